The molecule has 6 heteroatoms. The van der Waals surface area contributed by atoms with Crippen molar-refractivity contribution < 1.29 is 14.6 Å². The molecule has 0 saturated heterocycles. The zero-order valence-corrected chi connectivity index (χ0v) is 15.5. The van der Waals surface area contributed by atoms with Gasteiger partial charge in [0.15, 0.2) is 11.5 Å². The number of pyridine rings is 3. The number of aliphatic hydroxyl groups excluding tert-OH is 1. The minimum absolute atomic E-state index is 0.477. The van der Waals surface area contributed by atoms with Crippen molar-refractivity contribution in [2.75, 3.05) is 14.2 Å². The summed E-state index contributed by atoms with van der Waals surface area (Å²) in [7, 11) is 3.12. The second kappa shape index (κ2) is 7.62. The number of hydrogen-bond acceptors (Lipinski definition) is 6. The molecule has 1 aromatic carbocycles. The van der Waals surface area contributed by atoms with Gasteiger partial charge in [0.2, 0.25) is 0 Å². The Kier molecular flexibility index (Phi) is 4.87. The molecule has 0 radical (unpaired) electrons. The van der Waals surface area contributed by atoms with Gasteiger partial charge in [-0.3, -0.25) is 9.97 Å². The second-order valence-electron chi connectivity index (χ2n) is 6.18. The highest BCUT2D eigenvalue weighted by atomic mass is 16.5. The molecule has 0 saturated carbocycles. The molecular weight excluding hydrogens is 354 g/mol. The number of para-hydroxylation sites is 1. The first-order valence-electron chi connectivity index (χ1n) is 8.78. The van der Waals surface area contributed by atoms with Crippen molar-refractivity contribution in [1.82, 2.24) is 15.0 Å². The van der Waals surface area contributed by atoms with Crippen molar-refractivity contribution in [3.63, 3.8) is 0 Å². The minimum atomic E-state index is -1.02. The molecule has 4 rings (SSSR count). The molecule has 0 aliphatic rings. The third-order valence-electron chi connectivity index (χ3n) is 4.59. The van der Waals surface area contributed by atoms with Gasteiger partial charge in [0.05, 0.1) is 31.1 Å². The molecule has 0 fully saturated rings. The molecule has 28 heavy (non-hydrogen) atoms. The quantitative estimate of drug-likeness (QED) is 0.573. The maximum Gasteiger partial charge on any atom is 0.166 e. The van der Waals surface area contributed by atoms with Crippen LogP contribution in [0.15, 0.2) is 67.1 Å². The molecule has 1 unspecified atom stereocenters. The lowest BCUT2D eigenvalue weighted by atomic mass is 10.00. The molecule has 0 aliphatic heterocycles. The van der Waals surface area contributed by atoms with Crippen molar-refractivity contribution in [1.29, 1.82) is 0 Å². The van der Waals surface area contributed by atoms with Crippen molar-refractivity contribution >= 4 is 10.9 Å². The van der Waals surface area contributed by atoms with E-state index in [0.717, 1.165) is 16.5 Å². The van der Waals surface area contributed by atoms with E-state index in [1.54, 1.807) is 44.9 Å². The van der Waals surface area contributed by atoms with Crippen LogP contribution >= 0.6 is 0 Å². The number of methoxy groups -OCH3 is 2. The van der Waals surface area contributed by atoms with Gasteiger partial charge in [0.1, 0.15) is 6.10 Å². The van der Waals surface area contributed by atoms with Gasteiger partial charge in [-0.15, -0.1) is 0 Å². The molecule has 1 atom stereocenters. The molecule has 3 heterocycles. The fourth-order valence-corrected chi connectivity index (χ4v) is 3.25. The van der Waals surface area contributed by atoms with Crippen LogP contribution < -0.4 is 9.47 Å². The van der Waals surface area contributed by atoms with E-state index in [2.05, 4.69) is 9.97 Å². The maximum atomic E-state index is 11.3. The molecule has 140 valence electrons. The standard InChI is InChI=1S/C22H19N3O3/c1-27-19-7-3-5-16(22(19)28-2)21(26)20-15-6-4-10-24-18(15)13-17(25-20)14-8-11-23-12-9-14/h3-13,21,26H,1-2H3. The average molecular weight is 373 g/mol. The molecule has 0 aliphatic carbocycles. The summed E-state index contributed by atoms with van der Waals surface area (Å²) in [5, 5.41) is 12.0. The van der Waals surface area contributed by atoms with Crippen LogP contribution in [-0.2, 0) is 0 Å². The van der Waals surface area contributed by atoms with Gasteiger partial charge in [-0.25, -0.2) is 4.98 Å². The summed E-state index contributed by atoms with van der Waals surface area (Å²) in [5.41, 5.74) is 3.44. The van der Waals surface area contributed by atoms with Crippen LogP contribution in [0.25, 0.3) is 22.2 Å². The highest BCUT2D eigenvalue weighted by molar-refractivity contribution is 5.85. The van der Waals surface area contributed by atoms with Crippen LogP contribution in [0.4, 0.5) is 0 Å². The van der Waals surface area contributed by atoms with Gasteiger partial charge in [-0.05, 0) is 36.4 Å². The highest BCUT2D eigenvalue weighted by Gasteiger charge is 2.23. The number of benzene rings is 1. The Labute approximate surface area is 162 Å². The summed E-state index contributed by atoms with van der Waals surface area (Å²) in [6.45, 7) is 0. The van der Waals surface area contributed by atoms with Gasteiger partial charge >= 0.3 is 0 Å². The molecule has 6 nitrogen and oxygen atoms in total. The van der Waals surface area contributed by atoms with E-state index in [9.17, 15) is 5.11 Å². The predicted molar refractivity (Wildman–Crippen MR) is 106 cm³/mol. The number of hydrogen-bond donors (Lipinski definition) is 1. The summed E-state index contributed by atoms with van der Waals surface area (Å²) in [6.07, 6.45) is 4.13. The number of aromatic nitrogens is 3. The third kappa shape index (κ3) is 3.14. The smallest absolute Gasteiger partial charge is 0.166 e. The van der Waals surface area contributed by atoms with E-state index in [4.69, 9.17) is 14.5 Å². The highest BCUT2D eigenvalue weighted by Crippen LogP contribution is 2.38. The van der Waals surface area contributed by atoms with Crippen LogP contribution in [0, 0.1) is 0 Å². The van der Waals surface area contributed by atoms with Crippen molar-refractivity contribution in [2.45, 2.75) is 6.10 Å². The summed E-state index contributed by atoms with van der Waals surface area (Å²) >= 11 is 0. The lowest BCUT2D eigenvalue weighted by Gasteiger charge is -2.18. The van der Waals surface area contributed by atoms with Gasteiger partial charge in [-0.1, -0.05) is 12.1 Å². The van der Waals surface area contributed by atoms with Crippen LogP contribution in [0.1, 0.15) is 17.4 Å². The summed E-state index contributed by atoms with van der Waals surface area (Å²) in [5.74, 6) is 1.03. The van der Waals surface area contributed by atoms with Crippen LogP contribution in [0.5, 0.6) is 11.5 Å². The first-order valence-corrected chi connectivity index (χ1v) is 8.78. The molecule has 0 spiro atoms. The Bertz CT molecular complexity index is 1120. The largest absolute Gasteiger partial charge is 0.493 e. The molecule has 1 N–H and O–H groups in total. The van der Waals surface area contributed by atoms with E-state index in [-0.39, 0.29) is 0 Å². The van der Waals surface area contributed by atoms with Crippen molar-refractivity contribution in [3.05, 3.63) is 78.4 Å². The van der Waals surface area contributed by atoms with E-state index in [1.165, 1.54) is 0 Å². The Balaban J connectivity index is 1.93. The molecule has 3 aromatic heterocycles. The monoisotopic (exact) mass is 373 g/mol. The predicted octanol–water partition coefficient (Wildman–Crippen LogP) is 3.79. The number of aliphatic hydroxyl groups is 1. The van der Waals surface area contributed by atoms with Crippen molar-refractivity contribution in [2.24, 2.45) is 0 Å². The first kappa shape index (κ1) is 17.9. The lowest BCUT2D eigenvalue weighted by Crippen LogP contribution is -2.07. The Morgan fingerprint density at radius 3 is 2.50 bits per heavy atom. The fraction of sp³-hybridized carbons (Fsp3) is 0.136. The average Bonchev–Trinajstić information content (AvgIpc) is 2.77. The SMILES string of the molecule is COc1cccc(C(O)c2nc(-c3ccncc3)cc3ncccc23)c1OC. The number of nitrogens with zero attached hydrogens (tertiary/aromatic N) is 3. The van der Waals surface area contributed by atoms with E-state index >= 15 is 0 Å². The maximum absolute atomic E-state index is 11.3. The van der Waals surface area contributed by atoms with Crippen molar-refractivity contribution in [3.8, 4) is 22.8 Å². The summed E-state index contributed by atoms with van der Waals surface area (Å²) < 4.78 is 10.9. The minimum Gasteiger partial charge on any atom is -0.493 e. The third-order valence-corrected chi connectivity index (χ3v) is 4.59. The zero-order valence-electron chi connectivity index (χ0n) is 15.5. The van der Waals surface area contributed by atoms with Gasteiger partial charge < -0.3 is 14.6 Å². The van der Waals surface area contributed by atoms with Crippen LogP contribution in [0.2, 0.25) is 0 Å². The number of fused-ring (bicyclic) bond motifs is 1. The normalized spacial score (nSPS) is 12.0. The first-order chi connectivity index (χ1) is 13.7. The van der Waals surface area contributed by atoms with Crippen LogP contribution in [-0.4, -0.2) is 34.3 Å². The molecule has 0 amide bonds. The van der Waals surface area contributed by atoms with Gasteiger partial charge in [0.25, 0.3) is 0 Å². The number of rotatable bonds is 5. The Morgan fingerprint density at radius 2 is 1.75 bits per heavy atom. The van der Waals surface area contributed by atoms with Gasteiger partial charge in [-0.2, -0.15) is 0 Å². The Hall–Kier alpha value is -3.51. The molecule has 0 bridgehead atoms. The Morgan fingerprint density at radius 1 is 0.929 bits per heavy atom. The fourth-order valence-electron chi connectivity index (χ4n) is 3.25. The van der Waals surface area contributed by atoms with E-state index in [1.807, 2.05) is 36.4 Å². The van der Waals surface area contributed by atoms with E-state index in [0.29, 0.717) is 28.5 Å². The summed E-state index contributed by atoms with van der Waals surface area (Å²) in [6, 6.07) is 14.8. The molecular formula is C22H19N3O3. The van der Waals surface area contributed by atoms with Crippen LogP contribution in [0.3, 0.4) is 0 Å². The summed E-state index contributed by atoms with van der Waals surface area (Å²) in [4.78, 5) is 13.3. The van der Waals surface area contributed by atoms with E-state index < -0.39 is 6.10 Å². The lowest BCUT2D eigenvalue weighted by molar-refractivity contribution is 0.210. The zero-order chi connectivity index (χ0) is 19.5. The topological polar surface area (TPSA) is 77.4 Å². The second-order valence-corrected chi connectivity index (χ2v) is 6.18. The van der Waals surface area contributed by atoms with Gasteiger partial charge in [0, 0.05) is 35.1 Å². The number of ether oxygens (including phenoxy) is 2. The molecule has 4 aromatic rings.